The summed E-state index contributed by atoms with van der Waals surface area (Å²) in [4.78, 5) is 31.9. The van der Waals surface area contributed by atoms with E-state index in [9.17, 15) is 14.4 Å². The molecule has 0 radical (unpaired) electrons. The Labute approximate surface area is 82.4 Å². The van der Waals surface area contributed by atoms with Gasteiger partial charge in [-0.05, 0) is 0 Å². The Balaban J connectivity index is 3.59. The van der Waals surface area contributed by atoms with E-state index >= 15 is 0 Å². The summed E-state index contributed by atoms with van der Waals surface area (Å²) < 4.78 is 0.704. The molecule has 0 fully saturated rings. The molecule has 0 saturated carbocycles. The van der Waals surface area contributed by atoms with Crippen molar-refractivity contribution in [3.63, 3.8) is 0 Å². The van der Waals surface area contributed by atoms with Gasteiger partial charge in [0, 0.05) is 7.05 Å². The molecule has 0 aromatic carbocycles. The predicted molar refractivity (Wildman–Crippen MR) is 44.1 cm³/mol. The zero-order valence-corrected chi connectivity index (χ0v) is 7.46. The minimum atomic E-state index is -1.64. The molecule has 0 aliphatic rings. The largest absolute Gasteiger partial charge is 0.478 e. The molecule has 0 aliphatic carbocycles. The van der Waals surface area contributed by atoms with Crippen molar-refractivity contribution in [1.29, 1.82) is 0 Å². The standard InChI is InChI=1S/C7H6N2O6/c1-9-4(7(14)15)2(5(10)11)3(8-9)6(12)13/h1H3,(H,10,11)(H,12,13)(H,14,15). The van der Waals surface area contributed by atoms with E-state index in [-0.39, 0.29) is 0 Å². The second kappa shape index (κ2) is 3.40. The van der Waals surface area contributed by atoms with Crippen LogP contribution in [-0.2, 0) is 7.05 Å². The summed E-state index contributed by atoms with van der Waals surface area (Å²) in [5.74, 6) is -4.77. The first-order chi connectivity index (χ1) is 6.86. The van der Waals surface area contributed by atoms with Crippen LogP contribution in [0.15, 0.2) is 0 Å². The van der Waals surface area contributed by atoms with Crippen molar-refractivity contribution in [2.45, 2.75) is 0 Å². The topological polar surface area (TPSA) is 130 Å². The van der Waals surface area contributed by atoms with Gasteiger partial charge >= 0.3 is 17.9 Å². The van der Waals surface area contributed by atoms with Gasteiger partial charge in [-0.2, -0.15) is 5.10 Å². The third-order valence-corrected chi connectivity index (χ3v) is 1.67. The van der Waals surface area contributed by atoms with E-state index in [1.807, 2.05) is 0 Å². The summed E-state index contributed by atoms with van der Waals surface area (Å²) in [5.41, 5.74) is -2.28. The van der Waals surface area contributed by atoms with E-state index in [2.05, 4.69) is 5.10 Å². The molecule has 1 heterocycles. The number of carbonyl (C=O) groups is 3. The van der Waals surface area contributed by atoms with Gasteiger partial charge in [-0.25, -0.2) is 14.4 Å². The maximum Gasteiger partial charge on any atom is 0.357 e. The van der Waals surface area contributed by atoms with E-state index in [0.717, 1.165) is 7.05 Å². The Kier molecular flexibility index (Phi) is 2.43. The maximum atomic E-state index is 10.7. The number of aryl methyl sites for hydroxylation is 1. The minimum Gasteiger partial charge on any atom is -0.478 e. The van der Waals surface area contributed by atoms with Crippen molar-refractivity contribution in [2.75, 3.05) is 0 Å². The van der Waals surface area contributed by atoms with Gasteiger partial charge in [0.1, 0.15) is 5.56 Å². The second-order valence-electron chi connectivity index (χ2n) is 2.61. The fraction of sp³-hybridized carbons (Fsp3) is 0.143. The number of aromatic nitrogens is 2. The molecule has 3 N–H and O–H groups in total. The molecule has 0 aliphatic heterocycles. The Morgan fingerprint density at radius 3 is 1.93 bits per heavy atom. The Morgan fingerprint density at radius 2 is 1.60 bits per heavy atom. The van der Waals surface area contributed by atoms with Crippen molar-refractivity contribution >= 4 is 17.9 Å². The fourth-order valence-corrected chi connectivity index (χ4v) is 1.12. The van der Waals surface area contributed by atoms with Gasteiger partial charge in [0.05, 0.1) is 0 Å². The van der Waals surface area contributed by atoms with E-state index in [1.165, 1.54) is 0 Å². The quantitative estimate of drug-likeness (QED) is 0.619. The average Bonchev–Trinajstić information content (AvgIpc) is 2.42. The van der Waals surface area contributed by atoms with Gasteiger partial charge in [-0.1, -0.05) is 0 Å². The zero-order chi connectivity index (χ0) is 11.7. The molecule has 8 nitrogen and oxygen atoms in total. The number of hydrogen-bond acceptors (Lipinski definition) is 4. The van der Waals surface area contributed by atoms with Crippen LogP contribution in [0.4, 0.5) is 0 Å². The summed E-state index contributed by atoms with van der Waals surface area (Å²) in [6.07, 6.45) is 0. The predicted octanol–water partition coefficient (Wildman–Crippen LogP) is -0.485. The first-order valence-electron chi connectivity index (χ1n) is 3.63. The first kappa shape index (κ1) is 10.7. The molecule has 0 amide bonds. The molecule has 0 spiro atoms. The molecule has 8 heteroatoms. The van der Waals surface area contributed by atoms with Crippen molar-refractivity contribution in [3.8, 4) is 0 Å². The van der Waals surface area contributed by atoms with E-state index < -0.39 is 34.9 Å². The van der Waals surface area contributed by atoms with Crippen LogP contribution >= 0.6 is 0 Å². The molecule has 80 valence electrons. The Morgan fingerprint density at radius 1 is 1.07 bits per heavy atom. The highest BCUT2D eigenvalue weighted by molar-refractivity contribution is 6.07. The number of nitrogens with zero attached hydrogens (tertiary/aromatic N) is 2. The minimum absolute atomic E-state index is 0.667. The van der Waals surface area contributed by atoms with E-state index in [4.69, 9.17) is 15.3 Å². The molecule has 0 unspecified atom stereocenters. The molecular formula is C7H6N2O6. The average molecular weight is 214 g/mol. The summed E-state index contributed by atoms with van der Waals surface area (Å²) in [6.45, 7) is 0. The summed E-state index contributed by atoms with van der Waals surface area (Å²) in [7, 11) is 1.16. The molecule has 0 bridgehead atoms. The van der Waals surface area contributed by atoms with Crippen LogP contribution in [-0.4, -0.2) is 43.0 Å². The molecule has 0 saturated heterocycles. The third-order valence-electron chi connectivity index (χ3n) is 1.67. The molecular weight excluding hydrogens is 208 g/mol. The highest BCUT2D eigenvalue weighted by Gasteiger charge is 2.30. The number of carboxylic acid groups (broad SMARTS) is 3. The lowest BCUT2D eigenvalue weighted by molar-refractivity contribution is 0.0632. The van der Waals surface area contributed by atoms with Crippen LogP contribution < -0.4 is 0 Å². The summed E-state index contributed by atoms with van der Waals surface area (Å²) in [6, 6.07) is 0. The number of carboxylic acids is 3. The smallest absolute Gasteiger partial charge is 0.357 e. The molecule has 0 atom stereocenters. The van der Waals surface area contributed by atoms with Crippen molar-refractivity contribution in [2.24, 2.45) is 7.05 Å². The van der Waals surface area contributed by atoms with Crippen LogP contribution in [0.5, 0.6) is 0 Å². The van der Waals surface area contributed by atoms with Crippen molar-refractivity contribution in [3.05, 3.63) is 17.0 Å². The van der Waals surface area contributed by atoms with Crippen LogP contribution in [0.1, 0.15) is 31.3 Å². The van der Waals surface area contributed by atoms with Gasteiger partial charge in [-0.15, -0.1) is 0 Å². The number of hydrogen-bond donors (Lipinski definition) is 3. The van der Waals surface area contributed by atoms with E-state index in [1.54, 1.807) is 0 Å². The van der Waals surface area contributed by atoms with Gasteiger partial charge in [0.2, 0.25) is 0 Å². The lowest BCUT2D eigenvalue weighted by atomic mass is 10.2. The third kappa shape index (κ3) is 1.64. The van der Waals surface area contributed by atoms with Gasteiger partial charge in [0.15, 0.2) is 11.4 Å². The lowest BCUT2D eigenvalue weighted by Gasteiger charge is -1.95. The molecule has 1 aromatic rings. The number of rotatable bonds is 3. The monoisotopic (exact) mass is 214 g/mol. The van der Waals surface area contributed by atoms with Gasteiger partial charge in [0.25, 0.3) is 0 Å². The molecule has 15 heavy (non-hydrogen) atoms. The SMILES string of the molecule is Cn1nc(C(=O)O)c(C(=O)O)c1C(=O)O. The zero-order valence-electron chi connectivity index (χ0n) is 7.46. The normalized spacial score (nSPS) is 9.93. The summed E-state index contributed by atoms with van der Waals surface area (Å²) >= 11 is 0. The Bertz CT molecular complexity index is 460. The highest BCUT2D eigenvalue weighted by Crippen LogP contribution is 2.13. The maximum absolute atomic E-state index is 10.7. The van der Waals surface area contributed by atoms with Crippen LogP contribution in [0, 0.1) is 0 Å². The van der Waals surface area contributed by atoms with Gasteiger partial charge in [-0.3, -0.25) is 4.68 Å². The Hall–Kier alpha value is -2.38. The van der Waals surface area contributed by atoms with Crippen molar-refractivity contribution < 1.29 is 29.7 Å². The second-order valence-corrected chi connectivity index (χ2v) is 2.61. The van der Waals surface area contributed by atoms with Crippen LogP contribution in [0.25, 0.3) is 0 Å². The van der Waals surface area contributed by atoms with E-state index in [0.29, 0.717) is 4.68 Å². The fourth-order valence-electron chi connectivity index (χ4n) is 1.12. The first-order valence-corrected chi connectivity index (χ1v) is 3.63. The summed E-state index contributed by atoms with van der Waals surface area (Å²) in [5, 5.41) is 29.3. The van der Waals surface area contributed by atoms with Gasteiger partial charge < -0.3 is 15.3 Å². The van der Waals surface area contributed by atoms with Crippen LogP contribution in [0.3, 0.4) is 0 Å². The lowest BCUT2D eigenvalue weighted by Crippen LogP contribution is -2.12. The van der Waals surface area contributed by atoms with Crippen LogP contribution in [0.2, 0.25) is 0 Å². The molecule has 1 rings (SSSR count). The number of aromatic carboxylic acids is 3. The molecule has 1 aromatic heterocycles. The highest BCUT2D eigenvalue weighted by atomic mass is 16.4. The van der Waals surface area contributed by atoms with Crippen molar-refractivity contribution in [1.82, 2.24) is 9.78 Å².